The van der Waals surface area contributed by atoms with E-state index < -0.39 is 5.97 Å². The summed E-state index contributed by atoms with van der Waals surface area (Å²) in [5, 5.41) is 8.94. The zero-order valence-electron chi connectivity index (χ0n) is 13.6. The van der Waals surface area contributed by atoms with Gasteiger partial charge in [-0.3, -0.25) is 9.69 Å². The fourth-order valence-electron chi connectivity index (χ4n) is 2.37. The zero-order valence-corrected chi connectivity index (χ0v) is 13.6. The fourth-order valence-corrected chi connectivity index (χ4v) is 2.37. The van der Waals surface area contributed by atoms with Crippen LogP contribution in [-0.4, -0.2) is 29.1 Å². The van der Waals surface area contributed by atoms with Gasteiger partial charge in [0.25, 0.3) is 0 Å². The number of nitrogens with zero attached hydrogens (tertiary/aromatic N) is 1. The van der Waals surface area contributed by atoms with E-state index in [1.807, 2.05) is 11.8 Å². The molecule has 0 fully saturated rings. The van der Waals surface area contributed by atoms with Crippen molar-refractivity contribution in [3.63, 3.8) is 0 Å². The molecule has 0 radical (unpaired) electrons. The van der Waals surface area contributed by atoms with E-state index in [9.17, 15) is 4.79 Å². The monoisotopic (exact) mass is 277 g/mol. The number of likely N-dealkylation sites (N-methyl/N-ethyl adjacent to an activating group) is 1. The third kappa shape index (κ3) is 4.34. The van der Waals surface area contributed by atoms with Crippen molar-refractivity contribution >= 4 is 5.97 Å². The van der Waals surface area contributed by atoms with Gasteiger partial charge in [-0.25, -0.2) is 0 Å². The highest BCUT2D eigenvalue weighted by Gasteiger charge is 2.17. The molecule has 3 heteroatoms. The molecular formula is C17H27NO2. The Morgan fingerprint density at radius 2 is 1.70 bits per heavy atom. The van der Waals surface area contributed by atoms with Crippen molar-refractivity contribution in [2.24, 2.45) is 0 Å². The van der Waals surface area contributed by atoms with Gasteiger partial charge in [0.05, 0.1) is 6.54 Å². The number of hydrogen-bond donors (Lipinski definition) is 1. The first-order chi connectivity index (χ1) is 9.15. The van der Waals surface area contributed by atoms with E-state index >= 15 is 0 Å². The van der Waals surface area contributed by atoms with Crippen molar-refractivity contribution in [3.8, 4) is 0 Å². The molecular weight excluding hydrogens is 250 g/mol. The molecule has 3 nitrogen and oxygen atoms in total. The molecule has 1 rings (SSSR count). The summed E-state index contributed by atoms with van der Waals surface area (Å²) < 4.78 is 0. The Morgan fingerprint density at radius 3 is 2.05 bits per heavy atom. The van der Waals surface area contributed by atoms with Gasteiger partial charge in [-0.15, -0.1) is 0 Å². The number of aliphatic carboxylic acids is 1. The SMILES string of the molecule is CCN(CC(=O)O)Cc1c(C)cc(C(C)(C)C)cc1C. The average molecular weight is 277 g/mol. The van der Waals surface area contributed by atoms with E-state index in [0.717, 1.165) is 6.54 Å². The molecule has 0 bridgehead atoms. The first-order valence-corrected chi connectivity index (χ1v) is 7.20. The molecule has 1 aromatic rings. The van der Waals surface area contributed by atoms with Crippen LogP contribution in [0.3, 0.4) is 0 Å². The van der Waals surface area contributed by atoms with E-state index in [1.165, 1.54) is 22.3 Å². The lowest BCUT2D eigenvalue weighted by molar-refractivity contribution is -0.138. The minimum Gasteiger partial charge on any atom is -0.480 e. The summed E-state index contributed by atoms with van der Waals surface area (Å²) in [6.07, 6.45) is 0. The van der Waals surface area contributed by atoms with E-state index in [1.54, 1.807) is 0 Å². The van der Waals surface area contributed by atoms with Crippen LogP contribution in [0.15, 0.2) is 12.1 Å². The molecule has 0 amide bonds. The lowest BCUT2D eigenvalue weighted by Gasteiger charge is -2.25. The standard InChI is InChI=1S/C17H27NO2/c1-7-18(11-16(19)20)10-15-12(2)8-14(9-13(15)3)17(4,5)6/h8-9H,7,10-11H2,1-6H3,(H,19,20). The van der Waals surface area contributed by atoms with Crippen LogP contribution in [0, 0.1) is 13.8 Å². The molecule has 1 N–H and O–H groups in total. The highest BCUT2D eigenvalue weighted by Crippen LogP contribution is 2.27. The van der Waals surface area contributed by atoms with Crippen LogP contribution in [0.25, 0.3) is 0 Å². The van der Waals surface area contributed by atoms with Gasteiger partial charge in [0.2, 0.25) is 0 Å². The number of carboxylic acids is 1. The third-order valence-corrected chi connectivity index (χ3v) is 3.75. The molecule has 20 heavy (non-hydrogen) atoms. The third-order valence-electron chi connectivity index (χ3n) is 3.75. The highest BCUT2D eigenvalue weighted by atomic mass is 16.4. The second-order valence-corrected chi connectivity index (χ2v) is 6.54. The predicted octanol–water partition coefficient (Wildman–Crippen LogP) is 3.51. The van der Waals surface area contributed by atoms with Crippen molar-refractivity contribution in [2.75, 3.05) is 13.1 Å². The van der Waals surface area contributed by atoms with Crippen molar-refractivity contribution < 1.29 is 9.90 Å². The van der Waals surface area contributed by atoms with E-state index in [2.05, 4.69) is 46.8 Å². The number of benzene rings is 1. The largest absolute Gasteiger partial charge is 0.480 e. The van der Waals surface area contributed by atoms with Gasteiger partial charge >= 0.3 is 5.97 Å². The summed E-state index contributed by atoms with van der Waals surface area (Å²) in [6.45, 7) is 14.4. The van der Waals surface area contributed by atoms with Crippen molar-refractivity contribution in [2.45, 2.75) is 53.5 Å². The maximum atomic E-state index is 10.9. The Labute approximate surface area is 122 Å². The second kappa shape index (κ2) is 6.40. The maximum absolute atomic E-state index is 10.9. The Hall–Kier alpha value is -1.35. The number of carbonyl (C=O) groups is 1. The molecule has 0 atom stereocenters. The Balaban J connectivity index is 3.05. The summed E-state index contributed by atoms with van der Waals surface area (Å²) in [5.74, 6) is -0.770. The Bertz CT molecular complexity index is 463. The highest BCUT2D eigenvalue weighted by molar-refractivity contribution is 5.69. The molecule has 0 heterocycles. The van der Waals surface area contributed by atoms with Crippen LogP contribution in [0.2, 0.25) is 0 Å². The van der Waals surface area contributed by atoms with Gasteiger partial charge in [0.1, 0.15) is 0 Å². The molecule has 0 aliphatic carbocycles. The normalized spacial score (nSPS) is 11.9. The summed E-state index contributed by atoms with van der Waals surface area (Å²) in [4.78, 5) is 12.8. The van der Waals surface area contributed by atoms with Crippen LogP contribution in [0.4, 0.5) is 0 Å². The molecule has 0 aliphatic rings. The predicted molar refractivity (Wildman–Crippen MR) is 83.2 cm³/mol. The summed E-state index contributed by atoms with van der Waals surface area (Å²) >= 11 is 0. The van der Waals surface area contributed by atoms with Gasteiger partial charge in [0, 0.05) is 6.54 Å². The summed E-state index contributed by atoms with van der Waals surface area (Å²) in [6, 6.07) is 4.47. The van der Waals surface area contributed by atoms with Gasteiger partial charge < -0.3 is 5.11 Å². The van der Waals surface area contributed by atoms with Gasteiger partial charge in [0.15, 0.2) is 0 Å². The summed E-state index contributed by atoms with van der Waals surface area (Å²) in [5.41, 5.74) is 5.22. The van der Waals surface area contributed by atoms with E-state index in [4.69, 9.17) is 5.11 Å². The first-order valence-electron chi connectivity index (χ1n) is 7.20. The first kappa shape index (κ1) is 16.7. The quantitative estimate of drug-likeness (QED) is 0.895. The summed E-state index contributed by atoms with van der Waals surface area (Å²) in [7, 11) is 0. The molecule has 0 aromatic heterocycles. The van der Waals surface area contributed by atoms with Gasteiger partial charge in [-0.1, -0.05) is 39.8 Å². The molecule has 0 saturated heterocycles. The van der Waals surface area contributed by atoms with Crippen LogP contribution in [0.5, 0.6) is 0 Å². The number of hydrogen-bond acceptors (Lipinski definition) is 2. The van der Waals surface area contributed by atoms with E-state index in [0.29, 0.717) is 6.54 Å². The second-order valence-electron chi connectivity index (χ2n) is 6.54. The number of aryl methyl sites for hydroxylation is 2. The molecule has 0 unspecified atom stereocenters. The minimum atomic E-state index is -0.770. The Kier molecular flexibility index (Phi) is 5.35. The van der Waals surface area contributed by atoms with Gasteiger partial charge in [-0.05, 0) is 48.1 Å². The molecule has 112 valence electrons. The van der Waals surface area contributed by atoms with Crippen molar-refractivity contribution in [1.29, 1.82) is 0 Å². The number of rotatable bonds is 5. The van der Waals surface area contributed by atoms with Crippen LogP contribution < -0.4 is 0 Å². The minimum absolute atomic E-state index is 0.0937. The van der Waals surface area contributed by atoms with Crippen molar-refractivity contribution in [1.82, 2.24) is 4.90 Å². The van der Waals surface area contributed by atoms with Crippen LogP contribution in [0.1, 0.15) is 49.9 Å². The molecule has 0 aliphatic heterocycles. The lowest BCUT2D eigenvalue weighted by Crippen LogP contribution is -2.29. The molecule has 0 spiro atoms. The number of carboxylic acid groups (broad SMARTS) is 1. The lowest BCUT2D eigenvalue weighted by atomic mass is 9.84. The fraction of sp³-hybridized carbons (Fsp3) is 0.588. The topological polar surface area (TPSA) is 40.5 Å². The van der Waals surface area contributed by atoms with Crippen molar-refractivity contribution in [3.05, 3.63) is 34.4 Å². The molecule has 0 saturated carbocycles. The van der Waals surface area contributed by atoms with Gasteiger partial charge in [-0.2, -0.15) is 0 Å². The zero-order chi connectivity index (χ0) is 15.5. The van der Waals surface area contributed by atoms with Crippen LogP contribution in [-0.2, 0) is 16.8 Å². The molecule has 1 aromatic carbocycles. The maximum Gasteiger partial charge on any atom is 0.317 e. The van der Waals surface area contributed by atoms with E-state index in [-0.39, 0.29) is 12.0 Å². The Morgan fingerprint density at radius 1 is 1.20 bits per heavy atom. The average Bonchev–Trinajstić information content (AvgIpc) is 2.30. The smallest absolute Gasteiger partial charge is 0.317 e. The van der Waals surface area contributed by atoms with Crippen LogP contribution >= 0.6 is 0 Å².